The minimum Gasteiger partial charge on any atom is -0.481 e. The minimum atomic E-state index is -1.31. The number of carbonyl (C=O) groups is 5. The third-order valence-electron chi connectivity index (χ3n) is 3.38. The second kappa shape index (κ2) is 11.0. The molecule has 3 amide bonds. The Morgan fingerprint density at radius 2 is 1.56 bits per heavy atom. The van der Waals surface area contributed by atoms with E-state index in [4.69, 9.17) is 15.9 Å². The van der Waals surface area contributed by atoms with E-state index in [0.717, 1.165) is 0 Å². The first-order chi connectivity index (χ1) is 11.6. The lowest BCUT2D eigenvalue weighted by Gasteiger charge is -2.24. The summed E-state index contributed by atoms with van der Waals surface area (Å²) in [6, 6.07) is -2.32. The molecule has 0 radical (unpaired) electrons. The number of aliphatic carboxylic acids is 2. The molecule has 25 heavy (non-hydrogen) atoms. The van der Waals surface area contributed by atoms with Gasteiger partial charge in [0.25, 0.3) is 0 Å². The van der Waals surface area contributed by atoms with Crippen LogP contribution in [0.15, 0.2) is 0 Å². The van der Waals surface area contributed by atoms with E-state index in [1.165, 1.54) is 0 Å². The van der Waals surface area contributed by atoms with Gasteiger partial charge in [-0.05, 0) is 5.92 Å². The fourth-order valence-corrected chi connectivity index (χ4v) is 1.76. The maximum Gasteiger partial charge on any atom is 0.322 e. The Kier molecular flexibility index (Phi) is 9.79. The molecule has 0 spiro atoms. The summed E-state index contributed by atoms with van der Waals surface area (Å²) in [6.07, 6.45) is -0.0595. The van der Waals surface area contributed by atoms with Crippen LogP contribution < -0.4 is 21.7 Å². The second-order valence-corrected chi connectivity index (χ2v) is 5.46. The van der Waals surface area contributed by atoms with Crippen LogP contribution in [0, 0.1) is 5.92 Å². The summed E-state index contributed by atoms with van der Waals surface area (Å²) in [5.41, 5.74) is 5.45. The predicted molar refractivity (Wildman–Crippen MR) is 85.3 cm³/mol. The molecule has 0 aliphatic carbocycles. The molecule has 0 saturated heterocycles. The van der Waals surface area contributed by atoms with Crippen LogP contribution in [0.25, 0.3) is 0 Å². The van der Waals surface area contributed by atoms with E-state index < -0.39 is 61.3 Å². The van der Waals surface area contributed by atoms with Gasteiger partial charge in [-0.3, -0.25) is 24.0 Å². The summed E-state index contributed by atoms with van der Waals surface area (Å²) in [6.45, 7) is 2.44. The Balaban J connectivity index is 4.72. The number of hydrogen-bond donors (Lipinski definition) is 6. The molecule has 0 saturated carbocycles. The summed E-state index contributed by atoms with van der Waals surface area (Å²) >= 11 is 0. The molecule has 0 aliphatic rings. The van der Waals surface area contributed by atoms with Gasteiger partial charge in [-0.15, -0.1) is 0 Å². The van der Waals surface area contributed by atoms with Crippen molar-refractivity contribution in [3.05, 3.63) is 0 Å². The average Bonchev–Trinajstić information content (AvgIpc) is 2.53. The third kappa shape index (κ3) is 9.25. The van der Waals surface area contributed by atoms with Crippen LogP contribution in [0.2, 0.25) is 0 Å². The zero-order valence-corrected chi connectivity index (χ0v) is 14.1. The zero-order chi connectivity index (χ0) is 19.6. The number of nitrogens with two attached hydrogens (primary N) is 1. The molecule has 3 atom stereocenters. The summed E-state index contributed by atoms with van der Waals surface area (Å²) in [7, 11) is 0. The molecule has 142 valence electrons. The topological polar surface area (TPSA) is 188 Å². The average molecular weight is 360 g/mol. The highest BCUT2D eigenvalue weighted by Gasteiger charge is 2.28. The van der Waals surface area contributed by atoms with Crippen molar-refractivity contribution in [2.75, 3.05) is 13.1 Å². The van der Waals surface area contributed by atoms with Crippen molar-refractivity contribution in [2.45, 2.75) is 38.8 Å². The number of amides is 3. The lowest BCUT2D eigenvalue weighted by atomic mass is 9.97. The summed E-state index contributed by atoms with van der Waals surface area (Å²) in [5, 5.41) is 23.8. The molecule has 0 aromatic heterocycles. The molecular formula is C14H24N4O7. The second-order valence-electron chi connectivity index (χ2n) is 5.46. The van der Waals surface area contributed by atoms with Gasteiger partial charge >= 0.3 is 11.9 Å². The van der Waals surface area contributed by atoms with Crippen molar-refractivity contribution in [3.63, 3.8) is 0 Å². The molecule has 11 heteroatoms. The Morgan fingerprint density at radius 3 is 2.04 bits per heavy atom. The zero-order valence-electron chi connectivity index (χ0n) is 14.1. The summed E-state index contributed by atoms with van der Waals surface area (Å²) in [5.74, 6) is -4.93. The van der Waals surface area contributed by atoms with Gasteiger partial charge in [-0.25, -0.2) is 0 Å². The van der Waals surface area contributed by atoms with Crippen LogP contribution in [0.1, 0.15) is 26.7 Å². The fraction of sp³-hybridized carbons (Fsp3) is 0.643. The molecule has 0 heterocycles. The number of nitrogens with one attached hydrogen (secondary N) is 3. The van der Waals surface area contributed by atoms with Crippen molar-refractivity contribution in [2.24, 2.45) is 11.7 Å². The minimum absolute atomic E-state index is 0.303. The maximum absolute atomic E-state index is 12.2. The van der Waals surface area contributed by atoms with Crippen LogP contribution >= 0.6 is 0 Å². The molecule has 0 aliphatic heterocycles. The first-order valence-electron chi connectivity index (χ1n) is 7.62. The number of rotatable bonds is 11. The van der Waals surface area contributed by atoms with E-state index in [2.05, 4.69) is 16.0 Å². The summed E-state index contributed by atoms with van der Waals surface area (Å²) in [4.78, 5) is 56.4. The number of hydrogen-bond acceptors (Lipinski definition) is 6. The van der Waals surface area contributed by atoms with Crippen molar-refractivity contribution >= 4 is 29.7 Å². The molecule has 0 aromatic carbocycles. The van der Waals surface area contributed by atoms with Gasteiger partial charge in [0.1, 0.15) is 12.6 Å². The number of carboxylic acid groups (broad SMARTS) is 2. The fourth-order valence-electron chi connectivity index (χ4n) is 1.76. The van der Waals surface area contributed by atoms with Gasteiger partial charge in [-0.1, -0.05) is 20.3 Å². The molecule has 0 bridgehead atoms. The van der Waals surface area contributed by atoms with E-state index in [1.54, 1.807) is 13.8 Å². The summed E-state index contributed by atoms with van der Waals surface area (Å²) < 4.78 is 0. The highest BCUT2D eigenvalue weighted by Crippen LogP contribution is 2.08. The Labute approximate surface area is 144 Å². The van der Waals surface area contributed by atoms with E-state index in [1.807, 2.05) is 0 Å². The van der Waals surface area contributed by atoms with Gasteiger partial charge < -0.3 is 31.9 Å². The lowest BCUT2D eigenvalue weighted by molar-refractivity contribution is -0.140. The monoisotopic (exact) mass is 360 g/mol. The van der Waals surface area contributed by atoms with Gasteiger partial charge in [0.15, 0.2) is 0 Å². The molecule has 3 unspecified atom stereocenters. The highest BCUT2D eigenvalue weighted by atomic mass is 16.4. The van der Waals surface area contributed by atoms with Crippen LogP contribution in [0.4, 0.5) is 0 Å². The van der Waals surface area contributed by atoms with E-state index in [9.17, 15) is 24.0 Å². The molecule has 0 rings (SSSR count). The number of carbonyl (C=O) groups excluding carboxylic acids is 3. The van der Waals surface area contributed by atoms with Crippen LogP contribution in [0.3, 0.4) is 0 Å². The first kappa shape index (κ1) is 22.3. The molecular weight excluding hydrogens is 336 g/mol. The van der Waals surface area contributed by atoms with Crippen molar-refractivity contribution in [3.8, 4) is 0 Å². The maximum atomic E-state index is 12.2. The largest absolute Gasteiger partial charge is 0.481 e. The Bertz CT molecular complexity index is 523. The molecule has 0 aromatic rings. The SMILES string of the molecule is CCC(C)C(NC(=O)C(N)CC(=O)O)C(=O)NCC(=O)NCC(=O)O. The predicted octanol–water partition coefficient (Wildman–Crippen LogP) is -2.36. The molecule has 7 N–H and O–H groups in total. The lowest BCUT2D eigenvalue weighted by Crippen LogP contribution is -2.55. The van der Waals surface area contributed by atoms with Gasteiger partial charge in [0.05, 0.1) is 19.0 Å². The Morgan fingerprint density at radius 1 is 0.960 bits per heavy atom. The van der Waals surface area contributed by atoms with E-state index in [-0.39, 0.29) is 5.92 Å². The Hall–Kier alpha value is -2.69. The van der Waals surface area contributed by atoms with Gasteiger partial charge in [-0.2, -0.15) is 0 Å². The van der Waals surface area contributed by atoms with Crippen LogP contribution in [-0.4, -0.2) is 65.0 Å². The van der Waals surface area contributed by atoms with Crippen LogP contribution in [-0.2, 0) is 24.0 Å². The van der Waals surface area contributed by atoms with Crippen molar-refractivity contribution in [1.82, 2.24) is 16.0 Å². The van der Waals surface area contributed by atoms with Gasteiger partial charge in [0.2, 0.25) is 17.7 Å². The van der Waals surface area contributed by atoms with E-state index in [0.29, 0.717) is 6.42 Å². The molecule has 0 fully saturated rings. The van der Waals surface area contributed by atoms with Crippen molar-refractivity contribution < 1.29 is 34.2 Å². The first-order valence-corrected chi connectivity index (χ1v) is 7.62. The third-order valence-corrected chi connectivity index (χ3v) is 3.38. The number of carboxylic acids is 2. The quantitative estimate of drug-likeness (QED) is 0.236. The normalized spacial score (nSPS) is 13.9. The molecule has 11 nitrogen and oxygen atoms in total. The van der Waals surface area contributed by atoms with Crippen molar-refractivity contribution in [1.29, 1.82) is 0 Å². The van der Waals surface area contributed by atoms with Gasteiger partial charge in [0, 0.05) is 0 Å². The highest BCUT2D eigenvalue weighted by molar-refractivity contribution is 5.93. The smallest absolute Gasteiger partial charge is 0.322 e. The van der Waals surface area contributed by atoms with E-state index >= 15 is 0 Å². The van der Waals surface area contributed by atoms with Crippen LogP contribution in [0.5, 0.6) is 0 Å². The standard InChI is InChI=1S/C14H24N4O7/c1-3-7(2)12(18-13(24)8(15)4-10(20)21)14(25)17-5-9(19)16-6-11(22)23/h7-8,12H,3-6,15H2,1-2H3,(H,16,19)(H,17,25)(H,18,24)(H,20,21)(H,22,23).